The van der Waals surface area contributed by atoms with Crippen LogP contribution in [0.3, 0.4) is 0 Å². The van der Waals surface area contributed by atoms with Crippen molar-refractivity contribution in [2.24, 2.45) is 5.73 Å². The predicted molar refractivity (Wildman–Crippen MR) is 141 cm³/mol. The van der Waals surface area contributed by atoms with Gasteiger partial charge in [0.05, 0.1) is 5.69 Å². The third kappa shape index (κ3) is 6.96. The van der Waals surface area contributed by atoms with Crippen molar-refractivity contribution < 1.29 is 24.2 Å². The van der Waals surface area contributed by atoms with E-state index in [1.165, 1.54) is 11.3 Å². The largest absolute Gasteiger partial charge is 0.457 e. The van der Waals surface area contributed by atoms with E-state index in [1.807, 2.05) is 75.4 Å². The van der Waals surface area contributed by atoms with E-state index in [9.17, 15) is 9.59 Å². The van der Waals surface area contributed by atoms with E-state index in [0.717, 1.165) is 18.4 Å². The Morgan fingerprint density at radius 1 is 0.944 bits per heavy atom. The van der Waals surface area contributed by atoms with E-state index >= 15 is 0 Å². The average molecular weight is 513 g/mol. The lowest BCUT2D eigenvalue weighted by atomic mass is 10.1. The molecule has 36 heavy (non-hydrogen) atoms. The molecular formula is C26H32N4O5S. The zero-order valence-electron chi connectivity index (χ0n) is 20.9. The summed E-state index contributed by atoms with van der Waals surface area (Å²) < 4.78 is 11.3. The van der Waals surface area contributed by atoms with Crippen molar-refractivity contribution in [2.75, 3.05) is 38.2 Å². The Labute approximate surface area is 215 Å². The minimum atomic E-state index is -0.531. The van der Waals surface area contributed by atoms with E-state index in [0.29, 0.717) is 47.6 Å². The highest BCUT2D eigenvalue weighted by molar-refractivity contribution is 7.18. The highest BCUT2D eigenvalue weighted by Crippen LogP contribution is 2.34. The SMILES string of the molecule is CC(C)(C)OC(=O)N1CCN(c2nc(-c3ccc(Oc4ccccc4)cc3)c(C(N)=O)s2)CC1.CO. The summed E-state index contributed by atoms with van der Waals surface area (Å²) in [6.07, 6.45) is -0.317. The first-order valence-corrected chi connectivity index (χ1v) is 12.3. The van der Waals surface area contributed by atoms with Crippen LogP contribution in [-0.2, 0) is 4.74 Å². The Morgan fingerprint density at radius 2 is 1.53 bits per heavy atom. The first kappa shape index (κ1) is 27.0. The van der Waals surface area contributed by atoms with Gasteiger partial charge >= 0.3 is 6.09 Å². The van der Waals surface area contributed by atoms with Crippen LogP contribution >= 0.6 is 11.3 Å². The Kier molecular flexibility index (Phi) is 8.89. The van der Waals surface area contributed by atoms with Gasteiger partial charge in [-0.2, -0.15) is 0 Å². The van der Waals surface area contributed by atoms with Gasteiger partial charge in [-0.25, -0.2) is 9.78 Å². The van der Waals surface area contributed by atoms with Crippen molar-refractivity contribution in [3.63, 3.8) is 0 Å². The van der Waals surface area contributed by atoms with Crippen LogP contribution in [0.4, 0.5) is 9.93 Å². The predicted octanol–water partition coefficient (Wildman–Crippen LogP) is 4.37. The smallest absolute Gasteiger partial charge is 0.410 e. The number of benzene rings is 2. The fraction of sp³-hybridized carbons (Fsp3) is 0.346. The third-order valence-corrected chi connectivity index (χ3v) is 6.28. The fourth-order valence-corrected chi connectivity index (χ4v) is 4.51. The number of primary amides is 1. The molecule has 3 N–H and O–H groups in total. The summed E-state index contributed by atoms with van der Waals surface area (Å²) in [6.45, 7) is 7.77. The molecule has 10 heteroatoms. The number of nitrogens with zero attached hydrogens (tertiary/aromatic N) is 3. The van der Waals surface area contributed by atoms with Gasteiger partial charge in [0.15, 0.2) is 5.13 Å². The number of amides is 2. The van der Waals surface area contributed by atoms with Crippen LogP contribution in [0.25, 0.3) is 11.3 Å². The number of aromatic nitrogens is 1. The molecule has 0 saturated carbocycles. The summed E-state index contributed by atoms with van der Waals surface area (Å²) in [5.41, 5.74) is 6.47. The number of hydrogen-bond donors (Lipinski definition) is 2. The molecular weight excluding hydrogens is 480 g/mol. The number of aliphatic hydroxyl groups excluding tert-OH is 1. The van der Waals surface area contributed by atoms with Crippen LogP contribution in [0.5, 0.6) is 11.5 Å². The van der Waals surface area contributed by atoms with Gasteiger partial charge in [-0.1, -0.05) is 29.5 Å². The van der Waals surface area contributed by atoms with Crippen molar-refractivity contribution in [3.8, 4) is 22.8 Å². The number of ether oxygens (including phenoxy) is 2. The van der Waals surface area contributed by atoms with Crippen molar-refractivity contribution in [2.45, 2.75) is 26.4 Å². The van der Waals surface area contributed by atoms with Crippen LogP contribution in [0.15, 0.2) is 54.6 Å². The maximum atomic E-state index is 12.3. The number of rotatable bonds is 5. The van der Waals surface area contributed by atoms with Crippen molar-refractivity contribution in [1.82, 2.24) is 9.88 Å². The number of thiazole rings is 1. The lowest BCUT2D eigenvalue weighted by molar-refractivity contribution is 0.0240. The second-order valence-electron chi connectivity index (χ2n) is 8.93. The van der Waals surface area contributed by atoms with Crippen LogP contribution < -0.4 is 15.4 Å². The Morgan fingerprint density at radius 3 is 2.08 bits per heavy atom. The number of nitrogens with two attached hydrogens (primary N) is 1. The number of carbonyl (C=O) groups excluding carboxylic acids is 2. The van der Waals surface area contributed by atoms with E-state index in [1.54, 1.807) is 4.90 Å². The van der Waals surface area contributed by atoms with Crippen LogP contribution in [0.1, 0.15) is 30.4 Å². The number of piperazine rings is 1. The lowest BCUT2D eigenvalue weighted by Gasteiger charge is -2.35. The van der Waals surface area contributed by atoms with Gasteiger partial charge in [0.1, 0.15) is 22.0 Å². The molecule has 9 nitrogen and oxygen atoms in total. The molecule has 1 aliphatic heterocycles. The van der Waals surface area contributed by atoms with Gasteiger partial charge in [0, 0.05) is 38.9 Å². The molecule has 1 aliphatic rings. The fourth-order valence-electron chi connectivity index (χ4n) is 3.52. The molecule has 1 saturated heterocycles. The molecule has 192 valence electrons. The summed E-state index contributed by atoms with van der Waals surface area (Å²) >= 11 is 1.27. The Balaban J connectivity index is 0.00000176. The minimum absolute atomic E-state index is 0.317. The topological polar surface area (TPSA) is 118 Å². The summed E-state index contributed by atoms with van der Waals surface area (Å²) in [4.78, 5) is 33.4. The third-order valence-electron chi connectivity index (χ3n) is 5.15. The minimum Gasteiger partial charge on any atom is -0.457 e. The second-order valence-corrected chi connectivity index (χ2v) is 9.91. The van der Waals surface area contributed by atoms with Crippen molar-refractivity contribution in [3.05, 3.63) is 59.5 Å². The van der Waals surface area contributed by atoms with Crippen LogP contribution in [0, 0.1) is 0 Å². The van der Waals surface area contributed by atoms with Gasteiger partial charge in [0.25, 0.3) is 5.91 Å². The normalized spacial score (nSPS) is 13.5. The molecule has 0 spiro atoms. The summed E-state index contributed by atoms with van der Waals surface area (Å²) in [5.74, 6) is 0.912. The highest BCUT2D eigenvalue weighted by Gasteiger charge is 2.28. The van der Waals surface area contributed by atoms with Crippen LogP contribution in [-0.4, -0.2) is 65.9 Å². The zero-order valence-corrected chi connectivity index (χ0v) is 21.7. The van der Waals surface area contributed by atoms with E-state index in [-0.39, 0.29) is 6.09 Å². The number of hydrogen-bond acceptors (Lipinski definition) is 8. The van der Waals surface area contributed by atoms with Gasteiger partial charge in [-0.3, -0.25) is 4.79 Å². The maximum Gasteiger partial charge on any atom is 0.410 e. The van der Waals surface area contributed by atoms with Gasteiger partial charge < -0.3 is 30.1 Å². The van der Waals surface area contributed by atoms with Gasteiger partial charge in [0.2, 0.25) is 0 Å². The lowest BCUT2D eigenvalue weighted by Crippen LogP contribution is -2.50. The number of carbonyl (C=O) groups is 2. The first-order valence-electron chi connectivity index (χ1n) is 11.5. The van der Waals surface area contributed by atoms with E-state index < -0.39 is 11.5 Å². The first-order chi connectivity index (χ1) is 17.2. The van der Waals surface area contributed by atoms with E-state index in [4.69, 9.17) is 25.3 Å². The number of anilines is 1. The van der Waals surface area contributed by atoms with Gasteiger partial charge in [-0.15, -0.1) is 0 Å². The molecule has 0 bridgehead atoms. The molecule has 0 atom stereocenters. The number of para-hydroxylation sites is 1. The molecule has 0 unspecified atom stereocenters. The Hall–Kier alpha value is -3.63. The summed E-state index contributed by atoms with van der Waals surface area (Å²) in [5, 5.41) is 7.71. The molecule has 1 aromatic heterocycles. The molecule has 0 radical (unpaired) electrons. The molecule has 0 aliphatic carbocycles. The molecule has 2 heterocycles. The molecule has 1 fully saturated rings. The van der Waals surface area contributed by atoms with Crippen molar-refractivity contribution >= 4 is 28.5 Å². The van der Waals surface area contributed by atoms with Crippen molar-refractivity contribution in [1.29, 1.82) is 0 Å². The summed E-state index contributed by atoms with van der Waals surface area (Å²) in [7, 11) is 1.00. The molecule has 3 aromatic rings. The van der Waals surface area contributed by atoms with Crippen LogP contribution in [0.2, 0.25) is 0 Å². The maximum absolute atomic E-state index is 12.3. The quantitative estimate of drug-likeness (QED) is 0.521. The molecule has 2 amide bonds. The average Bonchev–Trinajstić information content (AvgIpc) is 3.31. The monoisotopic (exact) mass is 512 g/mol. The highest BCUT2D eigenvalue weighted by atomic mass is 32.1. The summed E-state index contributed by atoms with van der Waals surface area (Å²) in [6, 6.07) is 16.9. The molecule has 2 aromatic carbocycles. The standard InChI is InChI=1S/C25H28N4O4S.CH4O/c1-25(2,3)33-24(31)29-15-13-28(14-16-29)23-27-20(21(34-23)22(26)30)17-9-11-19(12-10-17)32-18-7-5-4-6-8-18;1-2/h4-12H,13-16H2,1-3H3,(H2,26,30);2H,1H3. The van der Waals surface area contributed by atoms with E-state index in [2.05, 4.69) is 4.90 Å². The second kappa shape index (κ2) is 11.9. The molecule has 4 rings (SSSR count). The Bertz CT molecular complexity index is 1150. The number of aliphatic hydroxyl groups is 1. The zero-order chi connectivity index (χ0) is 26.3. The van der Waals surface area contributed by atoms with Gasteiger partial charge in [-0.05, 0) is 57.2 Å².